The van der Waals surface area contributed by atoms with Gasteiger partial charge in [0.25, 0.3) is 0 Å². The molecule has 0 spiro atoms. The Kier molecular flexibility index (Phi) is 5.52. The largest absolute Gasteiger partial charge is 0.490 e. The first-order chi connectivity index (χ1) is 10.1. The van der Waals surface area contributed by atoms with Crippen LogP contribution in [0, 0.1) is 16.0 Å². The van der Waals surface area contributed by atoms with Gasteiger partial charge in [-0.05, 0) is 43.4 Å². The third-order valence-corrected chi connectivity index (χ3v) is 3.96. The Balaban J connectivity index is 1.88. The van der Waals surface area contributed by atoms with E-state index in [1.807, 2.05) is 6.07 Å². The van der Waals surface area contributed by atoms with Gasteiger partial charge in [0.15, 0.2) is 5.75 Å². The van der Waals surface area contributed by atoms with Crippen LogP contribution in [0.2, 0.25) is 0 Å². The number of nitrogens with zero attached hydrogens (tertiary/aromatic N) is 1. The molecule has 0 aliphatic heterocycles. The topological polar surface area (TPSA) is 84.6 Å². The summed E-state index contributed by atoms with van der Waals surface area (Å²) in [7, 11) is 1.43. The Hall–Kier alpha value is -1.66. The van der Waals surface area contributed by atoms with E-state index in [9.17, 15) is 15.2 Å². The van der Waals surface area contributed by atoms with Crippen molar-refractivity contribution in [1.29, 1.82) is 0 Å². The lowest BCUT2D eigenvalue weighted by Gasteiger charge is -2.26. The molecule has 1 saturated carbocycles. The van der Waals surface area contributed by atoms with E-state index >= 15 is 0 Å². The normalized spacial score (nSPS) is 22.0. The molecule has 0 heterocycles. The summed E-state index contributed by atoms with van der Waals surface area (Å²) in [6.45, 7) is 1.41. The summed E-state index contributed by atoms with van der Waals surface area (Å²) in [5.41, 5.74) is 0.851. The molecule has 2 N–H and O–H groups in total. The lowest BCUT2D eigenvalue weighted by Crippen LogP contribution is -2.28. The number of methoxy groups -OCH3 is 1. The first-order valence-corrected chi connectivity index (χ1v) is 7.30. The number of hydrogen-bond acceptors (Lipinski definition) is 5. The van der Waals surface area contributed by atoms with Crippen molar-refractivity contribution in [1.82, 2.24) is 5.32 Å². The molecule has 0 radical (unpaired) electrons. The Labute approximate surface area is 124 Å². The Morgan fingerprint density at radius 2 is 2.29 bits per heavy atom. The molecule has 1 aromatic rings. The zero-order valence-electron chi connectivity index (χ0n) is 12.2. The van der Waals surface area contributed by atoms with Gasteiger partial charge in [-0.1, -0.05) is 12.5 Å². The number of nitro groups is 1. The van der Waals surface area contributed by atoms with Gasteiger partial charge in [-0.25, -0.2) is 0 Å². The fraction of sp³-hybridized carbons (Fsp3) is 0.600. The van der Waals surface area contributed by atoms with Crippen LogP contribution in [0.4, 0.5) is 5.69 Å². The number of rotatable bonds is 6. The van der Waals surface area contributed by atoms with Crippen molar-refractivity contribution in [3.8, 4) is 5.75 Å². The average Bonchev–Trinajstić information content (AvgIpc) is 2.47. The summed E-state index contributed by atoms with van der Waals surface area (Å²) in [5, 5.41) is 23.9. The van der Waals surface area contributed by atoms with E-state index in [0.717, 1.165) is 37.8 Å². The van der Waals surface area contributed by atoms with E-state index in [4.69, 9.17) is 4.74 Å². The van der Waals surface area contributed by atoms with Gasteiger partial charge >= 0.3 is 5.69 Å². The Morgan fingerprint density at radius 1 is 1.48 bits per heavy atom. The smallest absolute Gasteiger partial charge is 0.311 e. The van der Waals surface area contributed by atoms with E-state index in [0.29, 0.717) is 12.5 Å². The molecule has 0 saturated heterocycles. The van der Waals surface area contributed by atoms with Crippen molar-refractivity contribution < 1.29 is 14.8 Å². The maximum absolute atomic E-state index is 11.0. The lowest BCUT2D eigenvalue weighted by molar-refractivity contribution is -0.385. The molecular weight excluding hydrogens is 272 g/mol. The van der Waals surface area contributed by atoms with Crippen molar-refractivity contribution >= 4 is 5.69 Å². The number of aliphatic hydroxyl groups is 1. The predicted octanol–water partition coefficient (Wildman–Crippen LogP) is 2.24. The van der Waals surface area contributed by atoms with Crippen LogP contribution in [-0.4, -0.2) is 29.8 Å². The van der Waals surface area contributed by atoms with Crippen LogP contribution in [0.25, 0.3) is 0 Å². The highest BCUT2D eigenvalue weighted by molar-refractivity contribution is 5.48. The lowest BCUT2D eigenvalue weighted by atomic mass is 9.87. The number of nitrogens with one attached hydrogen (secondary N) is 1. The van der Waals surface area contributed by atoms with Crippen LogP contribution < -0.4 is 10.1 Å². The third kappa shape index (κ3) is 4.41. The third-order valence-electron chi connectivity index (χ3n) is 3.96. The van der Waals surface area contributed by atoms with Crippen molar-refractivity contribution in [2.24, 2.45) is 5.92 Å². The summed E-state index contributed by atoms with van der Waals surface area (Å²) in [6, 6.07) is 5.00. The minimum atomic E-state index is -0.431. The molecule has 2 unspecified atom stereocenters. The molecule has 1 aromatic carbocycles. The maximum Gasteiger partial charge on any atom is 0.311 e. The Bertz CT molecular complexity index is 493. The molecule has 1 aliphatic rings. The van der Waals surface area contributed by atoms with Crippen LogP contribution in [0.3, 0.4) is 0 Å². The Morgan fingerprint density at radius 3 is 2.95 bits per heavy atom. The highest BCUT2D eigenvalue weighted by Crippen LogP contribution is 2.27. The van der Waals surface area contributed by atoms with E-state index in [-0.39, 0.29) is 17.5 Å². The van der Waals surface area contributed by atoms with E-state index in [1.165, 1.54) is 7.11 Å². The molecule has 1 aliphatic carbocycles. The van der Waals surface area contributed by atoms with Crippen LogP contribution in [0.1, 0.15) is 31.2 Å². The van der Waals surface area contributed by atoms with Crippen molar-refractivity contribution in [2.75, 3.05) is 13.7 Å². The van der Waals surface area contributed by atoms with E-state index in [1.54, 1.807) is 12.1 Å². The van der Waals surface area contributed by atoms with Gasteiger partial charge in [0.2, 0.25) is 0 Å². The van der Waals surface area contributed by atoms with Gasteiger partial charge in [-0.15, -0.1) is 0 Å². The number of benzene rings is 1. The van der Waals surface area contributed by atoms with Crippen LogP contribution in [-0.2, 0) is 6.54 Å². The second-order valence-corrected chi connectivity index (χ2v) is 5.58. The predicted molar refractivity (Wildman–Crippen MR) is 79.3 cm³/mol. The average molecular weight is 294 g/mol. The number of hydrogen-bond donors (Lipinski definition) is 2. The zero-order valence-corrected chi connectivity index (χ0v) is 12.2. The molecule has 6 nitrogen and oxygen atoms in total. The number of ether oxygens (including phenoxy) is 1. The number of aliphatic hydroxyl groups excluding tert-OH is 1. The molecule has 1 fully saturated rings. The first-order valence-electron chi connectivity index (χ1n) is 7.30. The zero-order chi connectivity index (χ0) is 15.2. The highest BCUT2D eigenvalue weighted by Gasteiger charge is 2.20. The van der Waals surface area contributed by atoms with E-state index in [2.05, 4.69) is 5.32 Å². The quantitative estimate of drug-likeness (QED) is 0.621. The van der Waals surface area contributed by atoms with Gasteiger partial charge in [-0.3, -0.25) is 10.1 Å². The fourth-order valence-electron chi connectivity index (χ4n) is 2.86. The summed E-state index contributed by atoms with van der Waals surface area (Å²) >= 11 is 0. The van der Waals surface area contributed by atoms with E-state index < -0.39 is 4.92 Å². The van der Waals surface area contributed by atoms with Gasteiger partial charge in [0, 0.05) is 12.6 Å². The molecule has 2 atom stereocenters. The molecule has 0 aromatic heterocycles. The van der Waals surface area contributed by atoms with Crippen LogP contribution >= 0.6 is 0 Å². The van der Waals surface area contributed by atoms with Gasteiger partial charge < -0.3 is 15.2 Å². The SMILES string of the molecule is COc1ccc(CNCC2CCCC(O)C2)cc1[N+](=O)[O-]. The monoisotopic (exact) mass is 294 g/mol. The molecule has 6 heteroatoms. The minimum Gasteiger partial charge on any atom is -0.490 e. The second-order valence-electron chi connectivity index (χ2n) is 5.58. The molecule has 0 bridgehead atoms. The van der Waals surface area contributed by atoms with Crippen LogP contribution in [0.5, 0.6) is 5.75 Å². The van der Waals surface area contributed by atoms with Crippen LogP contribution in [0.15, 0.2) is 18.2 Å². The maximum atomic E-state index is 11.0. The molecule has 21 heavy (non-hydrogen) atoms. The second kappa shape index (κ2) is 7.38. The molecule has 0 amide bonds. The standard InChI is InChI=1S/C15H22N2O4/c1-21-15-6-5-12(8-14(15)17(19)20)10-16-9-11-3-2-4-13(18)7-11/h5-6,8,11,13,16,18H,2-4,7,9-10H2,1H3. The summed E-state index contributed by atoms with van der Waals surface area (Å²) < 4.78 is 4.98. The summed E-state index contributed by atoms with van der Waals surface area (Å²) in [4.78, 5) is 10.5. The molecular formula is C15H22N2O4. The number of nitro benzene ring substituents is 1. The first kappa shape index (κ1) is 15.7. The minimum absolute atomic E-state index is 0.00936. The van der Waals surface area contributed by atoms with Gasteiger partial charge in [0.05, 0.1) is 18.1 Å². The fourth-order valence-corrected chi connectivity index (χ4v) is 2.86. The highest BCUT2D eigenvalue weighted by atomic mass is 16.6. The summed E-state index contributed by atoms with van der Waals surface area (Å²) in [5.74, 6) is 0.765. The van der Waals surface area contributed by atoms with Gasteiger partial charge in [0.1, 0.15) is 0 Å². The molecule has 116 valence electrons. The molecule has 2 rings (SSSR count). The summed E-state index contributed by atoms with van der Waals surface area (Å²) in [6.07, 6.45) is 3.78. The van der Waals surface area contributed by atoms with Gasteiger partial charge in [-0.2, -0.15) is 0 Å². The van der Waals surface area contributed by atoms with Crippen molar-refractivity contribution in [3.05, 3.63) is 33.9 Å². The van der Waals surface area contributed by atoms with Crippen molar-refractivity contribution in [3.63, 3.8) is 0 Å². The van der Waals surface area contributed by atoms with Crippen molar-refractivity contribution in [2.45, 2.75) is 38.3 Å².